The fraction of sp³-hybridized carbons (Fsp3) is 0.375. The smallest absolute Gasteiger partial charge is 0.0397 e. The second-order valence-electron chi connectivity index (χ2n) is 5.19. The number of aromatic nitrogens is 2. The Kier molecular flexibility index (Phi) is 3.92. The zero-order valence-corrected chi connectivity index (χ0v) is 11.8. The molecule has 0 amide bonds. The number of nitrogens with zero attached hydrogens (tertiary/aromatic N) is 4. The summed E-state index contributed by atoms with van der Waals surface area (Å²) >= 11 is 0. The van der Waals surface area contributed by atoms with E-state index >= 15 is 0 Å². The first-order chi connectivity index (χ1) is 9.84. The molecule has 1 fully saturated rings. The van der Waals surface area contributed by atoms with E-state index in [1.807, 2.05) is 30.9 Å². The number of anilines is 1. The van der Waals surface area contributed by atoms with E-state index in [9.17, 15) is 0 Å². The van der Waals surface area contributed by atoms with Crippen molar-refractivity contribution in [2.45, 2.75) is 13.0 Å². The van der Waals surface area contributed by atoms with Crippen molar-refractivity contribution in [1.82, 2.24) is 14.9 Å². The predicted molar refractivity (Wildman–Crippen MR) is 80.7 cm³/mol. The van der Waals surface area contributed by atoms with Gasteiger partial charge in [-0.15, -0.1) is 0 Å². The fourth-order valence-corrected chi connectivity index (χ4v) is 2.76. The Balaban J connectivity index is 1.61. The van der Waals surface area contributed by atoms with Crippen LogP contribution >= 0.6 is 0 Å². The molecule has 0 bridgehead atoms. The normalized spacial score (nSPS) is 17.9. The van der Waals surface area contributed by atoms with Crippen LogP contribution in [0.25, 0.3) is 0 Å². The average Bonchev–Trinajstić information content (AvgIpc) is 2.56. The molecule has 3 rings (SSSR count). The van der Waals surface area contributed by atoms with Crippen molar-refractivity contribution in [2.75, 3.05) is 31.1 Å². The monoisotopic (exact) mass is 268 g/mol. The van der Waals surface area contributed by atoms with Crippen LogP contribution in [0.1, 0.15) is 18.5 Å². The highest BCUT2D eigenvalue weighted by atomic mass is 15.3. The van der Waals surface area contributed by atoms with E-state index in [0.29, 0.717) is 6.04 Å². The summed E-state index contributed by atoms with van der Waals surface area (Å²) in [5.74, 6) is 0. The van der Waals surface area contributed by atoms with E-state index in [2.05, 4.69) is 44.9 Å². The second kappa shape index (κ2) is 6.01. The molecule has 0 aromatic carbocycles. The van der Waals surface area contributed by atoms with Gasteiger partial charge in [-0.3, -0.25) is 14.9 Å². The van der Waals surface area contributed by atoms with Gasteiger partial charge in [0.2, 0.25) is 0 Å². The quantitative estimate of drug-likeness (QED) is 0.855. The highest BCUT2D eigenvalue weighted by Gasteiger charge is 2.22. The lowest BCUT2D eigenvalue weighted by Gasteiger charge is -2.39. The lowest BCUT2D eigenvalue weighted by molar-refractivity contribution is 0.198. The molecule has 20 heavy (non-hydrogen) atoms. The molecule has 0 spiro atoms. The SMILES string of the molecule is CC(c1cccnc1)N1CCN(c2ccncc2)CC1. The van der Waals surface area contributed by atoms with Gasteiger partial charge in [-0.25, -0.2) is 0 Å². The van der Waals surface area contributed by atoms with Crippen molar-refractivity contribution in [3.8, 4) is 0 Å². The third-order valence-corrected chi connectivity index (χ3v) is 4.06. The third kappa shape index (κ3) is 2.80. The van der Waals surface area contributed by atoms with Gasteiger partial charge in [0.15, 0.2) is 0 Å². The van der Waals surface area contributed by atoms with E-state index in [1.54, 1.807) is 0 Å². The highest BCUT2D eigenvalue weighted by Crippen LogP contribution is 2.22. The molecule has 3 heterocycles. The predicted octanol–water partition coefficient (Wildman–Crippen LogP) is 2.36. The molecule has 2 aromatic heterocycles. The summed E-state index contributed by atoms with van der Waals surface area (Å²) in [6.45, 7) is 6.55. The van der Waals surface area contributed by atoms with Crippen molar-refractivity contribution in [2.24, 2.45) is 0 Å². The molecule has 0 radical (unpaired) electrons. The topological polar surface area (TPSA) is 32.3 Å². The van der Waals surface area contributed by atoms with Crippen molar-refractivity contribution < 1.29 is 0 Å². The first kappa shape index (κ1) is 13.1. The van der Waals surface area contributed by atoms with E-state index < -0.39 is 0 Å². The Hall–Kier alpha value is -1.94. The lowest BCUT2D eigenvalue weighted by Crippen LogP contribution is -2.47. The molecule has 0 aliphatic carbocycles. The Bertz CT molecular complexity index is 521. The van der Waals surface area contributed by atoms with Crippen molar-refractivity contribution in [1.29, 1.82) is 0 Å². The molecule has 2 aromatic rings. The van der Waals surface area contributed by atoms with Gasteiger partial charge in [0.1, 0.15) is 0 Å². The number of rotatable bonds is 3. The Morgan fingerprint density at radius 3 is 2.35 bits per heavy atom. The summed E-state index contributed by atoms with van der Waals surface area (Å²) in [6, 6.07) is 8.77. The first-order valence-corrected chi connectivity index (χ1v) is 7.13. The number of hydrogen-bond acceptors (Lipinski definition) is 4. The van der Waals surface area contributed by atoms with Crippen molar-refractivity contribution >= 4 is 5.69 Å². The van der Waals surface area contributed by atoms with Gasteiger partial charge in [0.05, 0.1) is 0 Å². The van der Waals surface area contributed by atoms with Gasteiger partial charge in [-0.05, 0) is 30.7 Å². The van der Waals surface area contributed by atoms with Gasteiger partial charge in [0, 0.05) is 62.7 Å². The van der Waals surface area contributed by atoms with E-state index in [1.165, 1.54) is 11.3 Å². The van der Waals surface area contributed by atoms with E-state index in [0.717, 1.165) is 26.2 Å². The van der Waals surface area contributed by atoms with Crippen LogP contribution in [-0.2, 0) is 0 Å². The summed E-state index contributed by atoms with van der Waals surface area (Å²) in [4.78, 5) is 13.2. The maximum atomic E-state index is 4.22. The molecule has 1 atom stereocenters. The minimum absolute atomic E-state index is 0.434. The maximum Gasteiger partial charge on any atom is 0.0397 e. The number of piperazine rings is 1. The minimum Gasteiger partial charge on any atom is -0.369 e. The van der Waals surface area contributed by atoms with Gasteiger partial charge in [-0.1, -0.05) is 6.07 Å². The Morgan fingerprint density at radius 1 is 0.950 bits per heavy atom. The van der Waals surface area contributed by atoms with Crippen LogP contribution in [0.2, 0.25) is 0 Å². The summed E-state index contributed by atoms with van der Waals surface area (Å²) in [5, 5.41) is 0. The average molecular weight is 268 g/mol. The third-order valence-electron chi connectivity index (χ3n) is 4.06. The summed E-state index contributed by atoms with van der Waals surface area (Å²) < 4.78 is 0. The molecule has 0 N–H and O–H groups in total. The molecule has 104 valence electrons. The summed E-state index contributed by atoms with van der Waals surface area (Å²) in [6.07, 6.45) is 7.53. The molecular formula is C16H20N4. The van der Waals surface area contributed by atoms with Gasteiger partial charge in [-0.2, -0.15) is 0 Å². The van der Waals surface area contributed by atoms with Crippen LogP contribution in [-0.4, -0.2) is 41.0 Å². The fourth-order valence-electron chi connectivity index (χ4n) is 2.76. The number of hydrogen-bond donors (Lipinski definition) is 0. The minimum atomic E-state index is 0.434. The van der Waals surface area contributed by atoms with Crippen molar-refractivity contribution in [3.05, 3.63) is 54.6 Å². The zero-order chi connectivity index (χ0) is 13.8. The van der Waals surface area contributed by atoms with E-state index in [-0.39, 0.29) is 0 Å². The highest BCUT2D eigenvalue weighted by molar-refractivity contribution is 5.45. The first-order valence-electron chi connectivity index (χ1n) is 7.13. The van der Waals surface area contributed by atoms with Crippen LogP contribution in [0.15, 0.2) is 49.1 Å². The van der Waals surface area contributed by atoms with Crippen LogP contribution < -0.4 is 4.90 Å². The molecule has 1 unspecified atom stereocenters. The van der Waals surface area contributed by atoms with Crippen LogP contribution in [0.5, 0.6) is 0 Å². The van der Waals surface area contributed by atoms with Crippen LogP contribution in [0, 0.1) is 0 Å². The molecule has 4 nitrogen and oxygen atoms in total. The standard InChI is InChI=1S/C16H20N4/c1-14(15-3-2-6-18-13-15)19-9-11-20(12-10-19)16-4-7-17-8-5-16/h2-8,13-14H,9-12H2,1H3. The van der Waals surface area contributed by atoms with Crippen molar-refractivity contribution in [3.63, 3.8) is 0 Å². The molecule has 4 heteroatoms. The molecule has 0 saturated carbocycles. The van der Waals surface area contributed by atoms with Gasteiger partial charge >= 0.3 is 0 Å². The lowest BCUT2D eigenvalue weighted by atomic mass is 10.1. The number of pyridine rings is 2. The molecular weight excluding hydrogens is 248 g/mol. The van der Waals surface area contributed by atoms with Crippen LogP contribution in [0.3, 0.4) is 0 Å². The molecule has 1 aliphatic rings. The second-order valence-corrected chi connectivity index (χ2v) is 5.19. The summed E-state index contributed by atoms with van der Waals surface area (Å²) in [5.41, 5.74) is 2.57. The molecule has 1 saturated heterocycles. The van der Waals surface area contributed by atoms with E-state index in [4.69, 9.17) is 0 Å². The zero-order valence-electron chi connectivity index (χ0n) is 11.8. The molecule has 1 aliphatic heterocycles. The largest absolute Gasteiger partial charge is 0.369 e. The Labute approximate surface area is 120 Å². The van der Waals surface area contributed by atoms with Crippen LogP contribution in [0.4, 0.5) is 5.69 Å². The summed E-state index contributed by atoms with van der Waals surface area (Å²) in [7, 11) is 0. The Morgan fingerprint density at radius 2 is 1.70 bits per heavy atom. The van der Waals surface area contributed by atoms with Gasteiger partial charge in [0.25, 0.3) is 0 Å². The van der Waals surface area contributed by atoms with Gasteiger partial charge < -0.3 is 4.90 Å². The maximum absolute atomic E-state index is 4.22.